The van der Waals surface area contributed by atoms with Crippen molar-refractivity contribution in [1.82, 2.24) is 10.2 Å². The number of ether oxygens (including phenoxy) is 2. The van der Waals surface area contributed by atoms with Gasteiger partial charge in [0, 0.05) is 32.1 Å². The van der Waals surface area contributed by atoms with Crippen molar-refractivity contribution in [3.05, 3.63) is 40.5 Å². The Labute approximate surface area is 169 Å². The van der Waals surface area contributed by atoms with E-state index in [2.05, 4.69) is 36.2 Å². The first-order valence-corrected chi connectivity index (χ1v) is 10.5. The molecular formula is C23H34N2O3. The van der Waals surface area contributed by atoms with Crippen LogP contribution in [-0.2, 0) is 16.1 Å². The van der Waals surface area contributed by atoms with Crippen LogP contribution in [0.5, 0.6) is 5.75 Å². The van der Waals surface area contributed by atoms with Crippen LogP contribution in [0.1, 0.15) is 48.8 Å². The van der Waals surface area contributed by atoms with Crippen LogP contribution in [0.25, 0.3) is 0 Å². The fraction of sp³-hybridized carbons (Fsp3) is 0.609. The predicted octanol–water partition coefficient (Wildman–Crippen LogP) is 3.52. The van der Waals surface area contributed by atoms with Crippen molar-refractivity contribution in [2.24, 2.45) is 0 Å². The molecule has 0 bridgehead atoms. The molecule has 0 spiro atoms. The van der Waals surface area contributed by atoms with Gasteiger partial charge in [0.1, 0.15) is 5.75 Å². The van der Waals surface area contributed by atoms with E-state index >= 15 is 0 Å². The number of nitrogens with zero attached hydrogens (tertiary/aromatic N) is 1. The molecule has 1 heterocycles. The monoisotopic (exact) mass is 386 g/mol. The van der Waals surface area contributed by atoms with Gasteiger partial charge in [-0.3, -0.25) is 9.69 Å². The third-order valence-electron chi connectivity index (χ3n) is 6.11. The van der Waals surface area contributed by atoms with Crippen molar-refractivity contribution in [2.45, 2.75) is 58.5 Å². The zero-order chi connectivity index (χ0) is 19.9. The Morgan fingerprint density at radius 2 is 2.14 bits per heavy atom. The van der Waals surface area contributed by atoms with Gasteiger partial charge in [-0.25, -0.2) is 0 Å². The Bertz CT molecular complexity index is 714. The summed E-state index contributed by atoms with van der Waals surface area (Å²) in [7, 11) is 1.71. The molecule has 1 aromatic carbocycles. The van der Waals surface area contributed by atoms with E-state index in [9.17, 15) is 4.79 Å². The molecule has 2 aliphatic rings. The number of carbonyl (C=O) groups is 1. The Morgan fingerprint density at radius 1 is 1.29 bits per heavy atom. The van der Waals surface area contributed by atoms with Gasteiger partial charge in [-0.05, 0) is 62.3 Å². The molecule has 1 atom stereocenters. The van der Waals surface area contributed by atoms with Gasteiger partial charge in [0.2, 0.25) is 5.91 Å². The van der Waals surface area contributed by atoms with E-state index in [4.69, 9.17) is 9.47 Å². The molecule has 5 nitrogen and oxygen atoms in total. The first kappa shape index (κ1) is 20.9. The molecule has 1 aromatic rings. The van der Waals surface area contributed by atoms with E-state index in [-0.39, 0.29) is 11.9 Å². The quantitative estimate of drug-likeness (QED) is 0.729. The summed E-state index contributed by atoms with van der Waals surface area (Å²) < 4.78 is 11.1. The zero-order valence-corrected chi connectivity index (χ0v) is 17.6. The summed E-state index contributed by atoms with van der Waals surface area (Å²) in [6, 6.07) is 4.30. The maximum Gasteiger partial charge on any atom is 0.221 e. The van der Waals surface area contributed by atoms with Crippen LogP contribution >= 0.6 is 0 Å². The highest BCUT2D eigenvalue weighted by molar-refractivity contribution is 5.76. The first-order chi connectivity index (χ1) is 13.6. The lowest BCUT2D eigenvalue weighted by molar-refractivity contribution is -0.124. The number of carbonyl (C=O) groups excluding carboxylic acids is 1. The van der Waals surface area contributed by atoms with Crippen molar-refractivity contribution >= 4 is 5.91 Å². The summed E-state index contributed by atoms with van der Waals surface area (Å²) >= 11 is 0. The van der Waals surface area contributed by atoms with E-state index in [1.54, 1.807) is 7.11 Å². The number of hydrogen-bond donors (Lipinski definition) is 1. The summed E-state index contributed by atoms with van der Waals surface area (Å²) in [6.07, 6.45) is 7.56. The van der Waals surface area contributed by atoms with Crippen LogP contribution in [-0.4, -0.2) is 50.3 Å². The SMILES string of the molecule is COc1ccc(CN2CCOC[C@@H]2CC(=O)NCC2=CCCCC2)c(C)c1C. The third kappa shape index (κ3) is 5.36. The maximum atomic E-state index is 12.5. The predicted molar refractivity (Wildman–Crippen MR) is 112 cm³/mol. The molecule has 0 unspecified atom stereocenters. The minimum Gasteiger partial charge on any atom is -0.496 e. The van der Waals surface area contributed by atoms with Crippen LogP contribution < -0.4 is 10.1 Å². The second kappa shape index (κ2) is 10.1. The lowest BCUT2D eigenvalue weighted by Gasteiger charge is -2.35. The summed E-state index contributed by atoms with van der Waals surface area (Å²) in [4.78, 5) is 14.9. The maximum absolute atomic E-state index is 12.5. The Morgan fingerprint density at radius 3 is 2.89 bits per heavy atom. The number of morpholine rings is 1. The van der Waals surface area contributed by atoms with Gasteiger partial charge >= 0.3 is 0 Å². The normalized spacial score (nSPS) is 20.5. The molecule has 1 saturated heterocycles. The van der Waals surface area contributed by atoms with Gasteiger partial charge in [-0.15, -0.1) is 0 Å². The number of nitrogens with one attached hydrogen (secondary N) is 1. The molecule has 1 amide bonds. The van der Waals surface area contributed by atoms with Crippen LogP contribution in [0.3, 0.4) is 0 Å². The molecule has 154 valence electrons. The summed E-state index contributed by atoms with van der Waals surface area (Å²) in [5.74, 6) is 1.05. The largest absolute Gasteiger partial charge is 0.496 e. The molecule has 1 aliphatic carbocycles. The lowest BCUT2D eigenvalue weighted by Crippen LogP contribution is -2.47. The fourth-order valence-electron chi connectivity index (χ4n) is 4.11. The number of amides is 1. The Balaban J connectivity index is 1.58. The van der Waals surface area contributed by atoms with Crippen molar-refractivity contribution in [2.75, 3.05) is 33.4 Å². The second-order valence-electron chi connectivity index (χ2n) is 7.97. The van der Waals surface area contributed by atoms with Gasteiger partial charge in [0.05, 0.1) is 20.3 Å². The van der Waals surface area contributed by atoms with Crippen LogP contribution in [0, 0.1) is 13.8 Å². The number of hydrogen-bond acceptors (Lipinski definition) is 4. The molecule has 0 radical (unpaired) electrons. The van der Waals surface area contributed by atoms with Crippen molar-refractivity contribution in [3.63, 3.8) is 0 Å². The number of methoxy groups -OCH3 is 1. The fourth-order valence-corrected chi connectivity index (χ4v) is 4.11. The van der Waals surface area contributed by atoms with E-state index < -0.39 is 0 Å². The Kier molecular flexibility index (Phi) is 7.51. The zero-order valence-electron chi connectivity index (χ0n) is 17.6. The number of allylic oxidation sites excluding steroid dienone is 1. The molecule has 1 N–H and O–H groups in total. The highest BCUT2D eigenvalue weighted by Gasteiger charge is 2.26. The van der Waals surface area contributed by atoms with Gasteiger partial charge in [-0.1, -0.05) is 17.7 Å². The van der Waals surface area contributed by atoms with Crippen LogP contribution in [0.4, 0.5) is 0 Å². The van der Waals surface area contributed by atoms with Crippen LogP contribution in [0.2, 0.25) is 0 Å². The molecule has 0 saturated carbocycles. The molecule has 3 rings (SSSR count). The summed E-state index contributed by atoms with van der Waals surface area (Å²) in [5.41, 5.74) is 5.11. The van der Waals surface area contributed by atoms with Crippen molar-refractivity contribution < 1.29 is 14.3 Å². The van der Waals surface area contributed by atoms with Crippen molar-refractivity contribution in [1.29, 1.82) is 0 Å². The lowest BCUT2D eigenvalue weighted by atomic mass is 9.99. The van der Waals surface area contributed by atoms with Crippen molar-refractivity contribution in [3.8, 4) is 5.75 Å². The minimum atomic E-state index is 0.120. The van der Waals surface area contributed by atoms with E-state index in [1.165, 1.54) is 35.1 Å². The minimum absolute atomic E-state index is 0.120. The second-order valence-corrected chi connectivity index (χ2v) is 7.97. The van der Waals surface area contributed by atoms with Gasteiger partial charge in [0.25, 0.3) is 0 Å². The van der Waals surface area contributed by atoms with Gasteiger partial charge < -0.3 is 14.8 Å². The smallest absolute Gasteiger partial charge is 0.221 e. The highest BCUT2D eigenvalue weighted by atomic mass is 16.5. The molecule has 1 aliphatic heterocycles. The molecule has 28 heavy (non-hydrogen) atoms. The van der Waals surface area contributed by atoms with E-state index in [0.29, 0.717) is 19.6 Å². The molecule has 5 heteroatoms. The number of benzene rings is 1. The highest BCUT2D eigenvalue weighted by Crippen LogP contribution is 2.26. The van der Waals surface area contributed by atoms with E-state index in [0.717, 1.165) is 38.3 Å². The molecule has 1 fully saturated rings. The first-order valence-electron chi connectivity index (χ1n) is 10.5. The van der Waals surface area contributed by atoms with Gasteiger partial charge in [0.15, 0.2) is 0 Å². The van der Waals surface area contributed by atoms with Gasteiger partial charge in [-0.2, -0.15) is 0 Å². The average Bonchev–Trinajstić information content (AvgIpc) is 2.72. The van der Waals surface area contributed by atoms with E-state index in [1.807, 2.05) is 6.07 Å². The molecule has 0 aromatic heterocycles. The molecular weight excluding hydrogens is 352 g/mol. The third-order valence-corrected chi connectivity index (χ3v) is 6.11. The number of rotatable bonds is 7. The standard InChI is InChI=1S/C23H34N2O3/c1-17-18(2)22(27-3)10-9-20(17)15-25-11-12-28-16-21(25)13-23(26)24-14-19-7-5-4-6-8-19/h7,9-10,21H,4-6,8,11-16H2,1-3H3,(H,24,26)/t21-/m0/s1. The summed E-state index contributed by atoms with van der Waals surface area (Å²) in [6.45, 7) is 7.97. The summed E-state index contributed by atoms with van der Waals surface area (Å²) in [5, 5.41) is 3.11. The Hall–Kier alpha value is -1.85. The topological polar surface area (TPSA) is 50.8 Å². The average molecular weight is 387 g/mol. The van der Waals surface area contributed by atoms with Crippen LogP contribution in [0.15, 0.2) is 23.8 Å².